The van der Waals surface area contributed by atoms with E-state index < -0.39 is 0 Å². The van der Waals surface area contributed by atoms with Crippen LogP contribution >= 0.6 is 0 Å². The lowest BCUT2D eigenvalue weighted by Gasteiger charge is -2.33. The number of piperidine rings is 1. The Labute approximate surface area is 162 Å². The molecular formula is C21H33N5O. The van der Waals surface area contributed by atoms with Crippen LogP contribution in [0.15, 0.2) is 12.4 Å². The zero-order valence-electron chi connectivity index (χ0n) is 16.4. The molecule has 2 saturated heterocycles. The van der Waals surface area contributed by atoms with Gasteiger partial charge in [-0.3, -0.25) is 4.79 Å². The van der Waals surface area contributed by atoms with E-state index in [1.165, 1.54) is 38.5 Å². The number of rotatable bonds is 6. The van der Waals surface area contributed by atoms with E-state index in [4.69, 9.17) is 0 Å². The Kier molecular flexibility index (Phi) is 6.10. The topological polar surface area (TPSA) is 61.4 Å². The van der Waals surface area contributed by atoms with Crippen LogP contribution in [0, 0.1) is 5.92 Å². The van der Waals surface area contributed by atoms with Crippen molar-refractivity contribution in [1.82, 2.24) is 14.9 Å². The molecule has 0 atom stereocenters. The zero-order valence-corrected chi connectivity index (χ0v) is 16.4. The predicted octanol–water partition coefficient (Wildman–Crippen LogP) is 3.45. The van der Waals surface area contributed by atoms with Crippen LogP contribution in [0.4, 0.5) is 11.6 Å². The molecule has 0 aromatic carbocycles. The highest BCUT2D eigenvalue weighted by Gasteiger charge is 2.24. The first-order valence-corrected chi connectivity index (χ1v) is 10.9. The van der Waals surface area contributed by atoms with Crippen LogP contribution in [0.3, 0.4) is 0 Å². The minimum absolute atomic E-state index is 0.380. The number of anilines is 2. The van der Waals surface area contributed by atoms with Gasteiger partial charge in [0.25, 0.3) is 0 Å². The van der Waals surface area contributed by atoms with E-state index in [2.05, 4.69) is 31.2 Å². The van der Waals surface area contributed by atoms with Gasteiger partial charge in [0.05, 0.1) is 0 Å². The molecule has 148 valence electrons. The lowest BCUT2D eigenvalue weighted by Crippen LogP contribution is -2.35. The van der Waals surface area contributed by atoms with Gasteiger partial charge in [0.15, 0.2) is 0 Å². The second kappa shape index (κ2) is 8.89. The Bertz CT molecular complexity index is 617. The molecule has 3 fully saturated rings. The van der Waals surface area contributed by atoms with Crippen molar-refractivity contribution in [3.05, 3.63) is 12.4 Å². The number of likely N-dealkylation sites (tertiary alicyclic amines) is 1. The minimum atomic E-state index is 0.380. The molecule has 0 bridgehead atoms. The molecule has 6 nitrogen and oxygen atoms in total. The molecule has 3 heterocycles. The summed E-state index contributed by atoms with van der Waals surface area (Å²) in [5.74, 6) is 3.04. The van der Waals surface area contributed by atoms with Crippen molar-refractivity contribution in [2.45, 2.75) is 70.3 Å². The van der Waals surface area contributed by atoms with Crippen LogP contribution < -0.4 is 10.2 Å². The summed E-state index contributed by atoms with van der Waals surface area (Å²) in [7, 11) is 0. The molecule has 1 aromatic heterocycles. The molecule has 27 heavy (non-hydrogen) atoms. The summed E-state index contributed by atoms with van der Waals surface area (Å²) in [4.78, 5) is 25.8. The maximum Gasteiger partial charge on any atom is 0.222 e. The van der Waals surface area contributed by atoms with Crippen LogP contribution in [-0.2, 0) is 4.79 Å². The van der Waals surface area contributed by atoms with Gasteiger partial charge in [0.1, 0.15) is 18.0 Å². The fourth-order valence-corrected chi connectivity index (χ4v) is 4.29. The van der Waals surface area contributed by atoms with Crippen molar-refractivity contribution < 1.29 is 4.79 Å². The van der Waals surface area contributed by atoms with Gasteiger partial charge in [-0.15, -0.1) is 0 Å². The molecule has 0 unspecified atom stereocenters. The van der Waals surface area contributed by atoms with Crippen molar-refractivity contribution in [3.63, 3.8) is 0 Å². The first-order valence-electron chi connectivity index (χ1n) is 10.9. The highest BCUT2D eigenvalue weighted by Crippen LogP contribution is 2.28. The molecule has 1 saturated carbocycles. The van der Waals surface area contributed by atoms with Gasteiger partial charge < -0.3 is 15.1 Å². The second-order valence-corrected chi connectivity index (χ2v) is 8.44. The number of nitrogens with one attached hydrogen (secondary N) is 1. The standard InChI is InChI=1S/C21H33N5O/c27-21(26-11-3-1-2-4-12-26)8-5-17-9-13-25(14-10-17)20-15-19(22-16-23-20)24-18-6-7-18/h15-18H,1-14H2,(H,22,23,24). The summed E-state index contributed by atoms with van der Waals surface area (Å²) in [5, 5.41) is 3.45. The molecular weight excluding hydrogens is 338 g/mol. The Hall–Kier alpha value is -1.85. The smallest absolute Gasteiger partial charge is 0.222 e. The normalized spacial score (nSPS) is 21.8. The van der Waals surface area contributed by atoms with Gasteiger partial charge in [-0.05, 0) is 50.9 Å². The van der Waals surface area contributed by atoms with E-state index in [9.17, 15) is 4.79 Å². The maximum atomic E-state index is 12.5. The van der Waals surface area contributed by atoms with Crippen LogP contribution in [0.25, 0.3) is 0 Å². The largest absolute Gasteiger partial charge is 0.367 e. The monoisotopic (exact) mass is 371 g/mol. The molecule has 0 radical (unpaired) electrons. The Morgan fingerprint density at radius 3 is 2.44 bits per heavy atom. The van der Waals surface area contributed by atoms with E-state index in [1.807, 2.05) is 0 Å². The van der Waals surface area contributed by atoms with E-state index in [1.54, 1.807) is 6.33 Å². The molecule has 1 amide bonds. The Morgan fingerprint density at radius 2 is 1.74 bits per heavy atom. The minimum Gasteiger partial charge on any atom is -0.367 e. The molecule has 3 aliphatic rings. The third-order valence-electron chi connectivity index (χ3n) is 6.25. The highest BCUT2D eigenvalue weighted by atomic mass is 16.2. The van der Waals surface area contributed by atoms with Crippen molar-refractivity contribution >= 4 is 17.5 Å². The van der Waals surface area contributed by atoms with Crippen LogP contribution in [0.1, 0.15) is 64.2 Å². The molecule has 1 N–H and O–H groups in total. The predicted molar refractivity (Wildman–Crippen MR) is 108 cm³/mol. The Balaban J connectivity index is 1.21. The van der Waals surface area contributed by atoms with Gasteiger partial charge in [0.2, 0.25) is 5.91 Å². The van der Waals surface area contributed by atoms with Crippen molar-refractivity contribution in [3.8, 4) is 0 Å². The summed E-state index contributed by atoms with van der Waals surface area (Å²) >= 11 is 0. The van der Waals surface area contributed by atoms with Gasteiger partial charge in [-0.2, -0.15) is 0 Å². The van der Waals surface area contributed by atoms with Crippen LogP contribution in [0.2, 0.25) is 0 Å². The van der Waals surface area contributed by atoms with Gasteiger partial charge in [-0.1, -0.05) is 12.8 Å². The van der Waals surface area contributed by atoms with Gasteiger partial charge in [-0.25, -0.2) is 9.97 Å². The number of carbonyl (C=O) groups is 1. The fraction of sp³-hybridized carbons (Fsp3) is 0.762. The fourth-order valence-electron chi connectivity index (χ4n) is 4.29. The first kappa shape index (κ1) is 18.5. The number of aromatic nitrogens is 2. The summed E-state index contributed by atoms with van der Waals surface area (Å²) in [6.07, 6.45) is 13.2. The second-order valence-electron chi connectivity index (χ2n) is 8.44. The summed E-state index contributed by atoms with van der Waals surface area (Å²) in [5.41, 5.74) is 0. The average molecular weight is 372 g/mol. The van der Waals surface area contributed by atoms with Gasteiger partial charge >= 0.3 is 0 Å². The quantitative estimate of drug-likeness (QED) is 0.830. The number of amides is 1. The third kappa shape index (κ3) is 5.33. The van der Waals surface area contributed by atoms with Crippen molar-refractivity contribution in [2.24, 2.45) is 5.92 Å². The average Bonchev–Trinajstić information content (AvgIpc) is 3.54. The first-order chi connectivity index (χ1) is 13.3. The van der Waals surface area contributed by atoms with E-state index in [0.717, 1.165) is 63.5 Å². The highest BCUT2D eigenvalue weighted by molar-refractivity contribution is 5.76. The van der Waals surface area contributed by atoms with Crippen LogP contribution in [-0.4, -0.2) is 53.0 Å². The van der Waals surface area contributed by atoms with Crippen molar-refractivity contribution in [1.29, 1.82) is 0 Å². The summed E-state index contributed by atoms with van der Waals surface area (Å²) in [6.45, 7) is 4.01. The molecule has 0 spiro atoms. The zero-order chi connectivity index (χ0) is 18.5. The number of carbonyl (C=O) groups excluding carboxylic acids is 1. The molecule has 1 aromatic rings. The number of nitrogens with zero attached hydrogens (tertiary/aromatic N) is 4. The number of hydrogen-bond acceptors (Lipinski definition) is 5. The van der Waals surface area contributed by atoms with E-state index in [0.29, 0.717) is 17.9 Å². The lowest BCUT2D eigenvalue weighted by molar-refractivity contribution is -0.131. The molecule has 1 aliphatic carbocycles. The van der Waals surface area contributed by atoms with Crippen molar-refractivity contribution in [2.75, 3.05) is 36.4 Å². The summed E-state index contributed by atoms with van der Waals surface area (Å²) < 4.78 is 0. The van der Waals surface area contributed by atoms with E-state index >= 15 is 0 Å². The maximum absolute atomic E-state index is 12.5. The molecule has 2 aliphatic heterocycles. The third-order valence-corrected chi connectivity index (χ3v) is 6.25. The van der Waals surface area contributed by atoms with Crippen LogP contribution in [0.5, 0.6) is 0 Å². The lowest BCUT2D eigenvalue weighted by atomic mass is 9.92. The SMILES string of the molecule is O=C(CCC1CCN(c2cc(NC3CC3)ncn2)CC1)N1CCCCCC1. The molecule has 6 heteroatoms. The molecule has 4 rings (SSSR count). The van der Waals surface area contributed by atoms with Gasteiger partial charge in [0, 0.05) is 44.7 Å². The number of hydrogen-bond donors (Lipinski definition) is 1. The Morgan fingerprint density at radius 1 is 1.00 bits per heavy atom. The van der Waals surface area contributed by atoms with E-state index in [-0.39, 0.29) is 0 Å². The summed E-state index contributed by atoms with van der Waals surface area (Å²) in [6, 6.07) is 2.70.